The van der Waals surface area contributed by atoms with Crippen LogP contribution in [0.25, 0.3) is 11.6 Å². The maximum absolute atomic E-state index is 11.6. The molecule has 0 fully saturated rings. The summed E-state index contributed by atoms with van der Waals surface area (Å²) in [4.78, 5) is 30.1. The first-order valence-electron chi connectivity index (χ1n) is 8.25. The number of nitro groups is 1. The van der Waals surface area contributed by atoms with E-state index in [2.05, 4.69) is 15.3 Å². The summed E-state index contributed by atoms with van der Waals surface area (Å²) in [5.41, 5.74) is 1.08. The van der Waals surface area contributed by atoms with Crippen molar-refractivity contribution in [3.8, 4) is 5.75 Å². The number of hydrogen-bond acceptors (Lipinski definition) is 8. The van der Waals surface area contributed by atoms with Gasteiger partial charge in [-0.15, -0.1) is 0 Å². The number of benzene rings is 1. The number of fused-ring (bicyclic) bond motifs is 1. The lowest BCUT2D eigenvalue weighted by Crippen LogP contribution is -2.00. The first kappa shape index (κ1) is 17.9. The fourth-order valence-electron chi connectivity index (χ4n) is 2.80. The number of carboxylic acid groups (broad SMARTS) is 1. The molecule has 144 valence electrons. The molecule has 0 bridgehead atoms. The number of nitrogens with zero attached hydrogens (tertiary/aromatic N) is 3. The second kappa shape index (κ2) is 6.93. The van der Waals surface area contributed by atoms with E-state index >= 15 is 0 Å². The smallest absolute Gasteiger partial charge is 0.345 e. The number of anilines is 2. The van der Waals surface area contributed by atoms with Gasteiger partial charge in [0.2, 0.25) is 5.88 Å². The summed E-state index contributed by atoms with van der Waals surface area (Å²) >= 11 is 0. The minimum Gasteiger partial charge on any atom is -0.504 e. The number of aromatic nitrogens is 1. The first-order chi connectivity index (χ1) is 13.9. The molecule has 29 heavy (non-hydrogen) atoms. The summed E-state index contributed by atoms with van der Waals surface area (Å²) in [6.45, 7) is 0. The van der Waals surface area contributed by atoms with Crippen molar-refractivity contribution in [1.82, 2.24) is 4.98 Å². The molecule has 3 heterocycles. The van der Waals surface area contributed by atoms with E-state index in [-0.39, 0.29) is 17.3 Å². The molecule has 3 N–H and O–H groups in total. The van der Waals surface area contributed by atoms with Crippen LogP contribution in [0.15, 0.2) is 52.0 Å². The van der Waals surface area contributed by atoms with Gasteiger partial charge in [0.1, 0.15) is 0 Å². The van der Waals surface area contributed by atoms with E-state index in [1.807, 2.05) is 0 Å². The molecule has 0 unspecified atom stereocenters. The predicted molar refractivity (Wildman–Crippen MR) is 104 cm³/mol. The third-order valence-corrected chi connectivity index (χ3v) is 4.17. The first-order valence-corrected chi connectivity index (χ1v) is 8.25. The topological polar surface area (TPSA) is 151 Å². The van der Waals surface area contributed by atoms with Crippen LogP contribution < -0.4 is 5.32 Å². The van der Waals surface area contributed by atoms with Gasteiger partial charge in [-0.25, -0.2) is 14.8 Å². The van der Waals surface area contributed by atoms with Gasteiger partial charge in [0.05, 0.1) is 4.92 Å². The van der Waals surface area contributed by atoms with E-state index in [4.69, 9.17) is 4.42 Å². The normalized spacial score (nSPS) is 13.4. The van der Waals surface area contributed by atoms with Crippen LogP contribution in [0.1, 0.15) is 21.7 Å². The van der Waals surface area contributed by atoms with Crippen molar-refractivity contribution < 1.29 is 24.3 Å². The Morgan fingerprint density at radius 3 is 2.69 bits per heavy atom. The molecule has 0 saturated heterocycles. The Morgan fingerprint density at radius 1 is 1.24 bits per heavy atom. The van der Waals surface area contributed by atoms with Crippen LogP contribution >= 0.6 is 0 Å². The minimum absolute atomic E-state index is 0.0787. The molecule has 1 aliphatic rings. The van der Waals surface area contributed by atoms with Crippen molar-refractivity contribution in [3.05, 3.63) is 69.6 Å². The standard InChI is InChI=1S/C19H12N4O6/c24-16-14(8-10-9-21-17-13(10)2-1-7-20-17)29-18(15(16)19(25)26)22-11-3-5-12(6-4-11)23(27)28/h1-9,22,24H,(H,25,26). The molecule has 1 aliphatic heterocycles. The lowest BCUT2D eigenvalue weighted by Gasteiger charge is -2.03. The lowest BCUT2D eigenvalue weighted by atomic mass is 10.1. The Morgan fingerprint density at radius 2 is 2.00 bits per heavy atom. The molecule has 10 heteroatoms. The van der Waals surface area contributed by atoms with Gasteiger partial charge in [-0.1, -0.05) is 0 Å². The number of furan rings is 1. The van der Waals surface area contributed by atoms with Crippen LogP contribution in [0.4, 0.5) is 23.1 Å². The molecule has 10 nitrogen and oxygen atoms in total. The summed E-state index contributed by atoms with van der Waals surface area (Å²) < 4.78 is 5.53. The second-order valence-corrected chi connectivity index (χ2v) is 5.99. The number of nitro benzene ring substituents is 1. The molecule has 0 saturated carbocycles. The molecule has 3 aromatic rings. The molecular weight excluding hydrogens is 380 g/mol. The number of nitrogens with one attached hydrogen (secondary N) is 1. The largest absolute Gasteiger partial charge is 0.504 e. The summed E-state index contributed by atoms with van der Waals surface area (Å²) in [5.74, 6) is -1.74. The number of carbonyl (C=O) groups is 1. The zero-order valence-corrected chi connectivity index (χ0v) is 14.6. The highest BCUT2D eigenvalue weighted by Crippen LogP contribution is 2.39. The second-order valence-electron chi connectivity index (χ2n) is 5.99. The highest BCUT2D eigenvalue weighted by Gasteiger charge is 2.26. The Balaban J connectivity index is 1.71. The van der Waals surface area contributed by atoms with Crippen LogP contribution in [-0.4, -0.2) is 32.3 Å². The van der Waals surface area contributed by atoms with E-state index in [1.54, 1.807) is 18.3 Å². The van der Waals surface area contributed by atoms with Crippen molar-refractivity contribution >= 4 is 46.9 Å². The van der Waals surface area contributed by atoms with E-state index in [0.717, 1.165) is 0 Å². The Bertz CT molecular complexity index is 1190. The summed E-state index contributed by atoms with van der Waals surface area (Å²) in [5, 5.41) is 33.3. The van der Waals surface area contributed by atoms with E-state index in [9.17, 15) is 25.1 Å². The fraction of sp³-hybridized carbons (Fsp3) is 0. The summed E-state index contributed by atoms with van der Waals surface area (Å²) in [6, 6.07) is 8.82. The molecule has 0 spiro atoms. The number of allylic oxidation sites excluding steroid dienone is 1. The van der Waals surface area contributed by atoms with Crippen molar-refractivity contribution in [3.63, 3.8) is 0 Å². The van der Waals surface area contributed by atoms with Crippen LogP contribution in [0.3, 0.4) is 0 Å². The fourth-order valence-corrected chi connectivity index (χ4v) is 2.80. The molecule has 0 atom stereocenters. The number of hydrogen-bond donors (Lipinski definition) is 3. The molecule has 4 rings (SSSR count). The van der Waals surface area contributed by atoms with Gasteiger partial charge in [-0.3, -0.25) is 10.1 Å². The van der Waals surface area contributed by atoms with Crippen molar-refractivity contribution in [2.24, 2.45) is 4.99 Å². The quantitative estimate of drug-likeness (QED) is 0.435. The monoisotopic (exact) mass is 392 g/mol. The van der Waals surface area contributed by atoms with Gasteiger partial charge in [0, 0.05) is 41.4 Å². The van der Waals surface area contributed by atoms with Crippen molar-refractivity contribution in [2.75, 3.05) is 5.32 Å². The van der Waals surface area contributed by atoms with E-state index in [0.29, 0.717) is 22.6 Å². The maximum atomic E-state index is 11.6. The van der Waals surface area contributed by atoms with Gasteiger partial charge in [-0.2, -0.15) is 0 Å². The third-order valence-electron chi connectivity index (χ3n) is 4.17. The average molecular weight is 392 g/mol. The minimum atomic E-state index is -1.40. The summed E-state index contributed by atoms with van der Waals surface area (Å²) in [6.07, 6.45) is 4.58. The number of rotatable bonds is 5. The molecule has 0 radical (unpaired) electrons. The number of aliphatic imine (C=N–C) groups is 1. The number of non-ortho nitro benzene ring substituents is 1. The van der Waals surface area contributed by atoms with Gasteiger partial charge in [0.25, 0.3) is 5.69 Å². The highest BCUT2D eigenvalue weighted by atomic mass is 16.6. The van der Waals surface area contributed by atoms with Crippen molar-refractivity contribution in [2.45, 2.75) is 0 Å². The molecule has 2 aromatic heterocycles. The lowest BCUT2D eigenvalue weighted by molar-refractivity contribution is -0.384. The third kappa shape index (κ3) is 3.30. The maximum Gasteiger partial charge on any atom is 0.345 e. The Hall–Kier alpha value is -4.47. The molecule has 1 aromatic carbocycles. The zero-order valence-electron chi connectivity index (χ0n) is 14.6. The SMILES string of the molecule is O=C(O)c1c(Nc2ccc([N+](=O)[O-])cc2)oc(C=C2C=Nc3ncccc32)c1O. The Kier molecular flexibility index (Phi) is 4.28. The molecular formula is C19H12N4O6. The molecule has 0 aliphatic carbocycles. The Labute approximate surface area is 162 Å². The van der Waals surface area contributed by atoms with E-state index in [1.165, 1.54) is 36.6 Å². The number of carboxylic acids is 1. The van der Waals surface area contributed by atoms with E-state index < -0.39 is 22.2 Å². The molecule has 0 amide bonds. The number of aromatic carboxylic acids is 1. The average Bonchev–Trinajstić information content (AvgIpc) is 3.24. The number of pyridine rings is 1. The summed E-state index contributed by atoms with van der Waals surface area (Å²) in [7, 11) is 0. The van der Waals surface area contributed by atoms with Crippen LogP contribution in [0.2, 0.25) is 0 Å². The van der Waals surface area contributed by atoms with Crippen LogP contribution in [0, 0.1) is 10.1 Å². The van der Waals surface area contributed by atoms with Crippen molar-refractivity contribution in [1.29, 1.82) is 0 Å². The highest BCUT2D eigenvalue weighted by molar-refractivity contribution is 6.21. The zero-order chi connectivity index (χ0) is 20.5. The van der Waals surface area contributed by atoms with Gasteiger partial charge >= 0.3 is 5.97 Å². The van der Waals surface area contributed by atoms with Crippen LogP contribution in [0.5, 0.6) is 5.75 Å². The van der Waals surface area contributed by atoms with Gasteiger partial charge in [-0.05, 0) is 30.3 Å². The predicted octanol–water partition coefficient (Wildman–Crippen LogP) is 3.99. The van der Waals surface area contributed by atoms with Gasteiger partial charge < -0.3 is 19.9 Å². The number of aromatic hydroxyl groups is 1. The van der Waals surface area contributed by atoms with Crippen LogP contribution in [-0.2, 0) is 0 Å². The van der Waals surface area contributed by atoms with Gasteiger partial charge in [0.15, 0.2) is 22.9 Å².